The summed E-state index contributed by atoms with van der Waals surface area (Å²) in [5.41, 5.74) is 1.28. The molecule has 1 atom stereocenters. The third kappa shape index (κ3) is 4.74. The van der Waals surface area contributed by atoms with Crippen LogP contribution in [0.5, 0.6) is 0 Å². The lowest BCUT2D eigenvalue weighted by molar-refractivity contribution is -0.0518. The van der Waals surface area contributed by atoms with E-state index in [2.05, 4.69) is 22.1 Å². The van der Waals surface area contributed by atoms with Gasteiger partial charge in [-0.2, -0.15) is 0 Å². The minimum atomic E-state index is -2.65. The number of hydrogen-bond acceptors (Lipinski definition) is 3. The van der Waals surface area contributed by atoms with Gasteiger partial charge in [0.25, 0.3) is 5.91 Å². The van der Waals surface area contributed by atoms with Gasteiger partial charge < -0.3 is 10.4 Å². The number of rotatable bonds is 3. The number of nitrogens with one attached hydrogen (secondary N) is 1. The molecule has 1 unspecified atom stereocenters. The molecule has 0 radical (unpaired) electrons. The van der Waals surface area contributed by atoms with E-state index < -0.39 is 11.8 Å². The van der Waals surface area contributed by atoms with Gasteiger partial charge >= 0.3 is 0 Å². The number of amides is 1. The number of hydrogen-bond donors (Lipinski definition) is 2. The molecule has 1 aliphatic carbocycles. The van der Waals surface area contributed by atoms with Crippen molar-refractivity contribution in [1.29, 1.82) is 0 Å². The van der Waals surface area contributed by atoms with Crippen LogP contribution in [0.2, 0.25) is 5.02 Å². The molecule has 1 saturated carbocycles. The third-order valence-corrected chi connectivity index (χ3v) is 4.95. The Morgan fingerprint density at radius 3 is 2.93 bits per heavy atom. The van der Waals surface area contributed by atoms with Crippen molar-refractivity contribution < 1.29 is 18.7 Å². The van der Waals surface area contributed by atoms with E-state index in [9.17, 15) is 13.6 Å². The highest BCUT2D eigenvalue weighted by molar-refractivity contribution is 6.35. The molecule has 0 bridgehead atoms. The summed E-state index contributed by atoms with van der Waals surface area (Å²) in [6, 6.07) is 6.59. The van der Waals surface area contributed by atoms with Crippen LogP contribution in [-0.4, -0.2) is 35.1 Å². The zero-order valence-corrected chi connectivity index (χ0v) is 15.3. The van der Waals surface area contributed by atoms with Crippen LogP contribution in [0.1, 0.15) is 41.7 Å². The number of carbonyl (C=O) groups excluding carboxylic acids is 1. The van der Waals surface area contributed by atoms with Gasteiger partial charge in [0.15, 0.2) is 0 Å². The van der Waals surface area contributed by atoms with Crippen molar-refractivity contribution in [1.82, 2.24) is 10.3 Å². The number of aliphatic hydroxyl groups is 1. The van der Waals surface area contributed by atoms with Gasteiger partial charge in [-0.15, -0.1) is 0 Å². The van der Waals surface area contributed by atoms with E-state index >= 15 is 0 Å². The number of fused-ring (bicyclic) bond motifs is 1. The van der Waals surface area contributed by atoms with Gasteiger partial charge in [0.05, 0.1) is 16.1 Å². The highest BCUT2D eigenvalue weighted by Crippen LogP contribution is 2.36. The predicted molar refractivity (Wildman–Crippen MR) is 100.0 cm³/mol. The lowest BCUT2D eigenvalue weighted by atomic mass is 9.86. The van der Waals surface area contributed by atoms with Crippen molar-refractivity contribution in [3.05, 3.63) is 40.5 Å². The lowest BCUT2D eigenvalue weighted by Crippen LogP contribution is -2.35. The SMILES string of the molecule is O=C(NCC1CCCC(F)(F)C1)c1c(Cl)ccc2nc(C#CCO)ccc12. The Labute approximate surface area is 160 Å². The summed E-state index contributed by atoms with van der Waals surface area (Å²) in [6.07, 6.45) is 0.850. The van der Waals surface area contributed by atoms with Gasteiger partial charge in [0.1, 0.15) is 12.3 Å². The first-order chi connectivity index (χ1) is 12.9. The van der Waals surface area contributed by atoms with E-state index in [0.29, 0.717) is 29.4 Å². The van der Waals surface area contributed by atoms with Crippen LogP contribution in [0.15, 0.2) is 24.3 Å². The Kier molecular flexibility index (Phi) is 5.93. The molecule has 0 saturated heterocycles. The molecule has 27 heavy (non-hydrogen) atoms. The van der Waals surface area contributed by atoms with Crippen LogP contribution in [0, 0.1) is 17.8 Å². The molecule has 0 aliphatic heterocycles. The van der Waals surface area contributed by atoms with Crippen LogP contribution in [0.4, 0.5) is 8.78 Å². The fourth-order valence-corrected chi connectivity index (χ4v) is 3.63. The van der Waals surface area contributed by atoms with Crippen molar-refractivity contribution in [2.75, 3.05) is 13.2 Å². The molecule has 1 aromatic carbocycles. The van der Waals surface area contributed by atoms with Gasteiger partial charge in [-0.25, -0.2) is 13.8 Å². The highest BCUT2D eigenvalue weighted by Gasteiger charge is 2.36. The Morgan fingerprint density at radius 1 is 1.37 bits per heavy atom. The smallest absolute Gasteiger partial charge is 0.253 e. The summed E-state index contributed by atoms with van der Waals surface area (Å²) >= 11 is 6.22. The van der Waals surface area contributed by atoms with E-state index in [-0.39, 0.29) is 42.5 Å². The average Bonchev–Trinajstić information content (AvgIpc) is 2.63. The normalized spacial score (nSPS) is 18.6. The van der Waals surface area contributed by atoms with Crippen molar-refractivity contribution in [2.45, 2.75) is 31.6 Å². The molecule has 1 fully saturated rings. The summed E-state index contributed by atoms with van der Waals surface area (Å²) in [7, 11) is 0. The van der Waals surface area contributed by atoms with E-state index in [1.807, 2.05) is 0 Å². The van der Waals surface area contributed by atoms with E-state index in [4.69, 9.17) is 16.7 Å². The number of alkyl halides is 2. The largest absolute Gasteiger partial charge is 0.384 e. The fraction of sp³-hybridized carbons (Fsp3) is 0.400. The number of aliphatic hydroxyl groups excluding tert-OH is 1. The zero-order valence-electron chi connectivity index (χ0n) is 14.6. The Morgan fingerprint density at radius 2 is 2.19 bits per heavy atom. The summed E-state index contributed by atoms with van der Waals surface area (Å²) in [6.45, 7) is -0.0805. The number of benzene rings is 1. The number of carbonyl (C=O) groups is 1. The zero-order chi connectivity index (χ0) is 19.4. The Hall–Kier alpha value is -2.23. The summed E-state index contributed by atoms with van der Waals surface area (Å²) < 4.78 is 27.1. The molecule has 1 heterocycles. The first kappa shape index (κ1) is 19.5. The van der Waals surface area contributed by atoms with E-state index in [0.717, 1.165) is 0 Å². The first-order valence-electron chi connectivity index (χ1n) is 8.74. The summed E-state index contributed by atoms with van der Waals surface area (Å²) in [4.78, 5) is 17.0. The van der Waals surface area contributed by atoms with E-state index in [1.54, 1.807) is 24.3 Å². The summed E-state index contributed by atoms with van der Waals surface area (Å²) in [5, 5.41) is 12.3. The van der Waals surface area contributed by atoms with Crippen LogP contribution in [0.25, 0.3) is 10.9 Å². The molecule has 7 heteroatoms. The molecule has 1 aromatic heterocycles. The quantitative estimate of drug-likeness (QED) is 0.781. The second kappa shape index (κ2) is 8.20. The molecule has 2 N–H and O–H groups in total. The van der Waals surface area contributed by atoms with Gasteiger partial charge in [0, 0.05) is 24.8 Å². The van der Waals surface area contributed by atoms with Crippen LogP contribution in [0.3, 0.4) is 0 Å². The molecule has 0 spiro atoms. The predicted octanol–water partition coefficient (Wildman–Crippen LogP) is 3.79. The lowest BCUT2D eigenvalue weighted by Gasteiger charge is -2.29. The molecule has 1 aliphatic rings. The van der Waals surface area contributed by atoms with E-state index in [1.165, 1.54) is 0 Å². The first-order valence-corrected chi connectivity index (χ1v) is 9.12. The monoisotopic (exact) mass is 392 g/mol. The molecule has 2 aromatic rings. The van der Waals surface area contributed by atoms with Gasteiger partial charge in [-0.3, -0.25) is 4.79 Å². The Bertz CT molecular complexity index is 921. The van der Waals surface area contributed by atoms with Gasteiger partial charge in [-0.1, -0.05) is 17.5 Å². The Balaban J connectivity index is 1.80. The van der Waals surface area contributed by atoms with Crippen molar-refractivity contribution in [3.63, 3.8) is 0 Å². The minimum Gasteiger partial charge on any atom is -0.384 e. The molecule has 142 valence electrons. The maximum Gasteiger partial charge on any atom is 0.253 e. The maximum absolute atomic E-state index is 13.5. The standard InChI is InChI=1S/C20H19ClF2N2O2/c21-16-7-8-17-15(6-5-14(25-17)4-2-10-26)18(16)19(27)24-12-13-3-1-9-20(22,23)11-13/h5-8,13,26H,1,3,9-12H2,(H,24,27). The molecule has 3 rings (SSSR count). The van der Waals surface area contributed by atoms with Crippen molar-refractivity contribution in [3.8, 4) is 11.8 Å². The molecular weight excluding hydrogens is 374 g/mol. The number of halogens is 3. The van der Waals surface area contributed by atoms with Gasteiger partial charge in [-0.05, 0) is 48.9 Å². The topological polar surface area (TPSA) is 62.2 Å². The molecular formula is C20H19ClF2N2O2. The number of nitrogens with zero attached hydrogens (tertiary/aromatic N) is 1. The third-order valence-electron chi connectivity index (χ3n) is 4.64. The number of pyridine rings is 1. The summed E-state index contributed by atoms with van der Waals surface area (Å²) in [5.74, 6) is 1.92. The van der Waals surface area contributed by atoms with Crippen LogP contribution < -0.4 is 5.32 Å². The van der Waals surface area contributed by atoms with Crippen molar-refractivity contribution >= 4 is 28.4 Å². The van der Waals surface area contributed by atoms with Crippen molar-refractivity contribution in [2.24, 2.45) is 5.92 Å². The van der Waals surface area contributed by atoms with Crippen LogP contribution in [-0.2, 0) is 0 Å². The average molecular weight is 393 g/mol. The maximum atomic E-state index is 13.5. The number of aromatic nitrogens is 1. The second-order valence-electron chi connectivity index (χ2n) is 6.67. The molecule has 1 amide bonds. The minimum absolute atomic E-state index is 0.0836. The second-order valence-corrected chi connectivity index (χ2v) is 7.08. The van der Waals surface area contributed by atoms with Crippen LogP contribution >= 0.6 is 11.6 Å². The highest BCUT2D eigenvalue weighted by atomic mass is 35.5. The molecule has 4 nitrogen and oxygen atoms in total. The fourth-order valence-electron chi connectivity index (χ4n) is 3.38. The van der Waals surface area contributed by atoms with Gasteiger partial charge in [0.2, 0.25) is 5.92 Å².